The fourth-order valence-electron chi connectivity index (χ4n) is 1.42. The summed E-state index contributed by atoms with van der Waals surface area (Å²) in [6.45, 7) is 1.82. The van der Waals surface area contributed by atoms with Crippen LogP contribution in [0.1, 0.15) is 5.69 Å². The summed E-state index contributed by atoms with van der Waals surface area (Å²) in [6, 6.07) is 5.25. The molecule has 2 aromatic heterocycles. The Morgan fingerprint density at radius 2 is 2.24 bits per heavy atom. The number of nitrogen functional groups attached to an aromatic ring is 1. The number of amides is 1. The van der Waals surface area contributed by atoms with E-state index in [1.54, 1.807) is 18.2 Å². The van der Waals surface area contributed by atoms with Crippen molar-refractivity contribution < 1.29 is 9.90 Å². The minimum absolute atomic E-state index is 0.541. The van der Waals surface area contributed by atoms with Gasteiger partial charge in [0.2, 0.25) is 0 Å². The number of nitrogens with two attached hydrogens (primary N) is 1. The summed E-state index contributed by atoms with van der Waals surface area (Å²) in [5.41, 5.74) is 8.31. The summed E-state index contributed by atoms with van der Waals surface area (Å²) in [7, 11) is 0. The molecular formula is C11H11N3O2S. The molecule has 0 bridgehead atoms. The van der Waals surface area contributed by atoms with Crippen LogP contribution in [-0.2, 0) is 0 Å². The minimum Gasteiger partial charge on any atom is -0.465 e. The molecule has 0 saturated heterocycles. The van der Waals surface area contributed by atoms with Gasteiger partial charge in [0.05, 0.1) is 27.6 Å². The molecule has 2 rings (SSSR count). The van der Waals surface area contributed by atoms with E-state index >= 15 is 0 Å². The van der Waals surface area contributed by atoms with E-state index in [1.165, 1.54) is 11.3 Å². The molecule has 88 valence electrons. The third-order valence-electron chi connectivity index (χ3n) is 2.27. The Hall–Kier alpha value is -2.08. The maximum absolute atomic E-state index is 10.6. The van der Waals surface area contributed by atoms with Crippen LogP contribution in [0.4, 0.5) is 16.2 Å². The molecule has 17 heavy (non-hydrogen) atoms. The van der Waals surface area contributed by atoms with Crippen molar-refractivity contribution in [3.63, 3.8) is 0 Å². The first-order valence-corrected chi connectivity index (χ1v) is 5.77. The molecule has 0 fully saturated rings. The highest BCUT2D eigenvalue weighted by Gasteiger charge is 2.11. The predicted octanol–water partition coefficient (Wildman–Crippen LogP) is 2.79. The number of carboxylic acid groups (broad SMARTS) is 1. The monoisotopic (exact) mass is 249 g/mol. The molecule has 0 unspecified atom stereocenters. The van der Waals surface area contributed by atoms with Crippen LogP contribution in [0.3, 0.4) is 0 Å². The lowest BCUT2D eigenvalue weighted by molar-refractivity contribution is 0.210. The van der Waals surface area contributed by atoms with E-state index < -0.39 is 6.09 Å². The Morgan fingerprint density at radius 3 is 2.88 bits per heavy atom. The summed E-state index contributed by atoms with van der Waals surface area (Å²) in [5.74, 6) is 0. The number of hydrogen-bond acceptors (Lipinski definition) is 4. The zero-order valence-corrected chi connectivity index (χ0v) is 9.91. The van der Waals surface area contributed by atoms with Crippen LogP contribution in [0.25, 0.3) is 10.6 Å². The number of rotatable bonds is 2. The first kappa shape index (κ1) is 11.4. The number of pyridine rings is 1. The SMILES string of the molecule is Cc1nc(-c2sccc2NC(=O)O)ccc1N. The van der Waals surface area contributed by atoms with Crippen LogP contribution >= 0.6 is 11.3 Å². The highest BCUT2D eigenvalue weighted by Crippen LogP contribution is 2.33. The Kier molecular flexibility index (Phi) is 2.97. The number of aromatic nitrogens is 1. The summed E-state index contributed by atoms with van der Waals surface area (Å²) >= 11 is 1.43. The smallest absolute Gasteiger partial charge is 0.409 e. The number of hydrogen-bond donors (Lipinski definition) is 3. The lowest BCUT2D eigenvalue weighted by Gasteiger charge is -2.05. The molecule has 2 heterocycles. The lowest BCUT2D eigenvalue weighted by Crippen LogP contribution is -2.07. The topological polar surface area (TPSA) is 88.2 Å². The molecule has 0 aliphatic rings. The summed E-state index contributed by atoms with van der Waals surface area (Å²) in [6.07, 6.45) is -1.09. The summed E-state index contributed by atoms with van der Waals surface area (Å²) < 4.78 is 0. The Bertz CT molecular complexity index is 566. The number of aryl methyl sites for hydroxylation is 1. The van der Waals surface area contributed by atoms with E-state index in [1.807, 2.05) is 12.3 Å². The van der Waals surface area contributed by atoms with Crippen LogP contribution in [0.5, 0.6) is 0 Å². The quantitative estimate of drug-likeness (QED) is 0.763. The van der Waals surface area contributed by atoms with Gasteiger partial charge < -0.3 is 10.8 Å². The van der Waals surface area contributed by atoms with Crippen LogP contribution in [-0.4, -0.2) is 16.2 Å². The first-order chi connectivity index (χ1) is 8.08. The van der Waals surface area contributed by atoms with Crippen molar-refractivity contribution >= 4 is 28.8 Å². The van der Waals surface area contributed by atoms with Crippen molar-refractivity contribution in [2.75, 3.05) is 11.1 Å². The lowest BCUT2D eigenvalue weighted by atomic mass is 10.2. The maximum atomic E-state index is 10.6. The van der Waals surface area contributed by atoms with Crippen LogP contribution in [0, 0.1) is 6.92 Å². The molecule has 6 heteroatoms. The number of nitrogens with one attached hydrogen (secondary N) is 1. The largest absolute Gasteiger partial charge is 0.465 e. The number of anilines is 2. The third kappa shape index (κ3) is 2.36. The molecule has 4 N–H and O–H groups in total. The number of nitrogens with zero attached hydrogens (tertiary/aromatic N) is 1. The van der Waals surface area contributed by atoms with Crippen molar-refractivity contribution in [2.45, 2.75) is 6.92 Å². The van der Waals surface area contributed by atoms with E-state index in [-0.39, 0.29) is 0 Å². The first-order valence-electron chi connectivity index (χ1n) is 4.89. The van der Waals surface area contributed by atoms with Gasteiger partial charge in [0.15, 0.2) is 0 Å². The van der Waals surface area contributed by atoms with Gasteiger partial charge in [0, 0.05) is 0 Å². The van der Waals surface area contributed by atoms with Gasteiger partial charge in [-0.05, 0) is 30.5 Å². The second kappa shape index (κ2) is 4.42. The van der Waals surface area contributed by atoms with Crippen molar-refractivity contribution in [3.8, 4) is 10.6 Å². The number of thiophene rings is 1. The van der Waals surface area contributed by atoms with Crippen molar-refractivity contribution in [3.05, 3.63) is 29.3 Å². The van der Waals surface area contributed by atoms with E-state index in [4.69, 9.17) is 10.8 Å². The fourth-order valence-corrected chi connectivity index (χ4v) is 2.24. The molecule has 2 aromatic rings. The van der Waals surface area contributed by atoms with Crippen molar-refractivity contribution in [2.24, 2.45) is 0 Å². The molecular weight excluding hydrogens is 238 g/mol. The zero-order chi connectivity index (χ0) is 12.4. The molecule has 0 aromatic carbocycles. The molecule has 0 radical (unpaired) electrons. The highest BCUT2D eigenvalue weighted by molar-refractivity contribution is 7.14. The molecule has 1 amide bonds. The second-order valence-electron chi connectivity index (χ2n) is 3.46. The summed E-state index contributed by atoms with van der Waals surface area (Å²) in [5, 5.41) is 12.9. The van der Waals surface area contributed by atoms with Crippen LogP contribution in [0.2, 0.25) is 0 Å². The second-order valence-corrected chi connectivity index (χ2v) is 4.38. The molecule has 0 atom stereocenters. The van der Waals surface area contributed by atoms with Crippen LogP contribution in [0.15, 0.2) is 23.6 Å². The third-order valence-corrected chi connectivity index (χ3v) is 3.20. The average molecular weight is 249 g/mol. The van der Waals surface area contributed by atoms with Crippen LogP contribution < -0.4 is 11.1 Å². The Balaban J connectivity index is 2.42. The maximum Gasteiger partial charge on any atom is 0.409 e. The Morgan fingerprint density at radius 1 is 1.47 bits per heavy atom. The predicted molar refractivity (Wildman–Crippen MR) is 68.3 cm³/mol. The van der Waals surface area contributed by atoms with Gasteiger partial charge in [-0.1, -0.05) is 0 Å². The van der Waals surface area contributed by atoms with Gasteiger partial charge in [-0.15, -0.1) is 11.3 Å². The number of carbonyl (C=O) groups is 1. The van der Waals surface area contributed by atoms with Crippen molar-refractivity contribution in [1.82, 2.24) is 4.98 Å². The molecule has 0 saturated carbocycles. The fraction of sp³-hybridized carbons (Fsp3) is 0.0909. The van der Waals surface area contributed by atoms with Gasteiger partial charge in [0.1, 0.15) is 0 Å². The molecule has 0 aliphatic heterocycles. The van der Waals surface area contributed by atoms with Gasteiger partial charge in [-0.2, -0.15) is 0 Å². The average Bonchev–Trinajstić information content (AvgIpc) is 2.69. The molecule has 0 aliphatic carbocycles. The standard InChI is InChI=1S/C11H11N3O2S/c1-6-7(12)2-3-8(13-6)10-9(4-5-17-10)14-11(15)16/h2-5,14H,12H2,1H3,(H,15,16). The van der Waals surface area contributed by atoms with Gasteiger partial charge in [-0.25, -0.2) is 4.79 Å². The van der Waals surface area contributed by atoms with Gasteiger partial charge in [-0.3, -0.25) is 10.3 Å². The zero-order valence-electron chi connectivity index (χ0n) is 9.10. The molecule has 5 nitrogen and oxygen atoms in total. The Labute approximate surface area is 102 Å². The van der Waals surface area contributed by atoms with Gasteiger partial charge in [0.25, 0.3) is 0 Å². The van der Waals surface area contributed by atoms with Gasteiger partial charge >= 0.3 is 6.09 Å². The summed E-state index contributed by atoms with van der Waals surface area (Å²) in [4.78, 5) is 15.7. The molecule has 0 spiro atoms. The van der Waals surface area contributed by atoms with E-state index in [0.29, 0.717) is 11.4 Å². The van der Waals surface area contributed by atoms with Crippen molar-refractivity contribution in [1.29, 1.82) is 0 Å². The highest BCUT2D eigenvalue weighted by atomic mass is 32.1. The normalized spacial score (nSPS) is 10.2. The van der Waals surface area contributed by atoms with E-state index in [9.17, 15) is 4.79 Å². The van der Waals surface area contributed by atoms with E-state index in [2.05, 4.69) is 10.3 Å². The van der Waals surface area contributed by atoms with E-state index in [0.717, 1.165) is 16.3 Å². The minimum atomic E-state index is -1.09.